The molecule has 0 radical (unpaired) electrons. The van der Waals surface area contributed by atoms with Crippen LogP contribution in [0.25, 0.3) is 0 Å². The number of thioether (sulfide) groups is 1. The third-order valence-electron chi connectivity index (χ3n) is 6.46. The van der Waals surface area contributed by atoms with Gasteiger partial charge in [0.1, 0.15) is 0 Å². The molecule has 2 aliphatic heterocycles. The fourth-order valence-electron chi connectivity index (χ4n) is 4.68. The van der Waals surface area contributed by atoms with E-state index in [9.17, 15) is 14.9 Å². The van der Waals surface area contributed by atoms with Crippen molar-refractivity contribution < 1.29 is 9.72 Å². The quantitative estimate of drug-likeness (QED) is 0.184. The van der Waals surface area contributed by atoms with Crippen molar-refractivity contribution in [1.29, 1.82) is 0 Å². The van der Waals surface area contributed by atoms with E-state index in [1.807, 2.05) is 83.9 Å². The number of carbonyl (C=O) groups excluding carboxylic acids is 1. The summed E-state index contributed by atoms with van der Waals surface area (Å²) in [6, 6.07) is 31.8. The second-order valence-corrected chi connectivity index (χ2v) is 11.0. The molecule has 192 valence electrons. The van der Waals surface area contributed by atoms with Crippen LogP contribution in [0.5, 0.6) is 0 Å². The van der Waals surface area contributed by atoms with Crippen molar-refractivity contribution >= 4 is 61.3 Å². The first kappa shape index (κ1) is 25.0. The predicted molar refractivity (Wildman–Crippen MR) is 158 cm³/mol. The van der Waals surface area contributed by atoms with Crippen molar-refractivity contribution in [1.82, 2.24) is 0 Å². The molecule has 0 amide bonds. The smallest absolute Gasteiger partial charge is 0.269 e. The Morgan fingerprint density at radius 2 is 1.46 bits per heavy atom. The minimum absolute atomic E-state index is 0.0325. The molecule has 0 unspecified atom stereocenters. The van der Waals surface area contributed by atoms with Gasteiger partial charge in [0.2, 0.25) is 4.99 Å². The van der Waals surface area contributed by atoms with Gasteiger partial charge in [-0.3, -0.25) is 14.9 Å². The fraction of sp³-hybridized carbons (Fsp3) is 0.0690. The van der Waals surface area contributed by atoms with Gasteiger partial charge in [0.25, 0.3) is 5.69 Å². The van der Waals surface area contributed by atoms with Crippen molar-refractivity contribution in [3.05, 3.63) is 134 Å². The minimum atomic E-state index is -1.12. The molecule has 10 heteroatoms. The molecular weight excluding hydrogens is 578 g/mol. The highest BCUT2D eigenvalue weighted by molar-refractivity contribution is 9.10. The Kier molecular flexibility index (Phi) is 6.28. The summed E-state index contributed by atoms with van der Waals surface area (Å²) in [5.74, 6) is -0.183. The maximum Gasteiger partial charge on any atom is 0.269 e. The van der Waals surface area contributed by atoms with E-state index in [4.69, 9.17) is 10.2 Å². The van der Waals surface area contributed by atoms with E-state index < -0.39 is 9.92 Å². The molecule has 0 N–H and O–H groups in total. The summed E-state index contributed by atoms with van der Waals surface area (Å²) in [6.07, 6.45) is 0. The van der Waals surface area contributed by atoms with Crippen molar-refractivity contribution in [2.45, 2.75) is 11.9 Å². The lowest BCUT2D eigenvalue weighted by atomic mass is 9.93. The zero-order chi connectivity index (χ0) is 27.1. The SMILES string of the molecule is CC(=O)C1=NN(c2ccc([N+](=O)[O-])cc2)[C@]2(S1)c1ccccc1C(c1ccc(Br)cc1)=NN2c1ccccc1. The highest BCUT2D eigenvalue weighted by atomic mass is 79.9. The summed E-state index contributed by atoms with van der Waals surface area (Å²) >= 11 is 4.82. The topological polar surface area (TPSA) is 91.4 Å². The van der Waals surface area contributed by atoms with Crippen LogP contribution in [0.2, 0.25) is 0 Å². The molecule has 39 heavy (non-hydrogen) atoms. The number of rotatable bonds is 5. The fourth-order valence-corrected chi connectivity index (χ4v) is 6.24. The second-order valence-electron chi connectivity index (χ2n) is 8.91. The molecule has 0 saturated carbocycles. The Morgan fingerprint density at radius 1 is 0.846 bits per heavy atom. The first-order valence-electron chi connectivity index (χ1n) is 12.0. The van der Waals surface area contributed by atoms with E-state index in [-0.39, 0.29) is 11.5 Å². The van der Waals surface area contributed by atoms with Crippen LogP contribution in [0, 0.1) is 10.1 Å². The maximum absolute atomic E-state index is 12.7. The van der Waals surface area contributed by atoms with Crippen molar-refractivity contribution in [2.75, 3.05) is 10.0 Å². The molecular formula is C29H20BrN5O3S. The van der Waals surface area contributed by atoms with Crippen LogP contribution in [0.3, 0.4) is 0 Å². The molecule has 0 aromatic heterocycles. The normalized spacial score (nSPS) is 18.0. The van der Waals surface area contributed by atoms with Gasteiger partial charge >= 0.3 is 0 Å². The number of nitro benzene ring substituents is 1. The van der Waals surface area contributed by atoms with Gasteiger partial charge in [-0.25, -0.2) is 10.0 Å². The van der Waals surface area contributed by atoms with E-state index in [0.29, 0.717) is 10.7 Å². The van der Waals surface area contributed by atoms with Gasteiger partial charge in [0, 0.05) is 40.2 Å². The van der Waals surface area contributed by atoms with Crippen molar-refractivity contribution in [2.24, 2.45) is 10.2 Å². The Balaban J connectivity index is 1.64. The number of non-ortho nitro benzene ring substituents is 1. The predicted octanol–water partition coefficient (Wildman–Crippen LogP) is 6.90. The standard InChI is InChI=1S/C29H20BrN5O3S/c1-19(36)28-32-34(23-15-17-24(18-16-23)35(37)38)29(39-28)26-10-6-5-9-25(26)27(20-11-13-21(30)14-12-20)31-33(29)22-7-3-2-4-8-22/h2-18H,1H3/t29-/m0/s1. The van der Waals surface area contributed by atoms with E-state index in [1.165, 1.54) is 30.8 Å². The van der Waals surface area contributed by atoms with Crippen molar-refractivity contribution in [3.8, 4) is 0 Å². The summed E-state index contributed by atoms with van der Waals surface area (Å²) < 4.78 is 0.961. The van der Waals surface area contributed by atoms with Crippen LogP contribution < -0.4 is 10.0 Å². The van der Waals surface area contributed by atoms with Gasteiger partial charge in [0.15, 0.2) is 10.8 Å². The van der Waals surface area contributed by atoms with Gasteiger partial charge in [-0.1, -0.05) is 70.5 Å². The number of hydrogen-bond acceptors (Lipinski definition) is 8. The zero-order valence-electron chi connectivity index (χ0n) is 20.6. The largest absolute Gasteiger partial charge is 0.292 e. The number of ketones is 1. The van der Waals surface area contributed by atoms with Gasteiger partial charge in [-0.15, -0.1) is 0 Å². The number of hydrogen-bond donors (Lipinski definition) is 0. The number of Topliss-reactive ketones (excluding diaryl/α,β-unsaturated/α-hetero) is 1. The van der Waals surface area contributed by atoms with Crippen LogP contribution in [-0.2, 0) is 9.79 Å². The average Bonchev–Trinajstić information content (AvgIpc) is 3.36. The third kappa shape index (κ3) is 4.21. The molecule has 4 aromatic carbocycles. The van der Waals surface area contributed by atoms with Crippen molar-refractivity contribution in [3.63, 3.8) is 0 Å². The molecule has 0 bridgehead atoms. The number of para-hydroxylation sites is 1. The minimum Gasteiger partial charge on any atom is -0.292 e. The molecule has 4 aromatic rings. The van der Waals surface area contributed by atoms with E-state index >= 15 is 0 Å². The molecule has 2 aliphatic rings. The molecule has 1 spiro atoms. The number of nitrogens with zero attached hydrogens (tertiary/aromatic N) is 5. The van der Waals surface area contributed by atoms with Crippen LogP contribution >= 0.6 is 27.7 Å². The zero-order valence-corrected chi connectivity index (χ0v) is 23.0. The Labute approximate surface area is 236 Å². The van der Waals surface area contributed by atoms with Crippen LogP contribution in [0.1, 0.15) is 23.6 Å². The van der Waals surface area contributed by atoms with Gasteiger partial charge in [-0.05, 0) is 48.2 Å². The summed E-state index contributed by atoms with van der Waals surface area (Å²) in [7, 11) is 0. The highest BCUT2D eigenvalue weighted by Gasteiger charge is 2.55. The molecule has 0 fully saturated rings. The molecule has 0 saturated heterocycles. The summed E-state index contributed by atoms with van der Waals surface area (Å²) in [5.41, 5.74) is 4.82. The first-order valence-corrected chi connectivity index (χ1v) is 13.6. The Morgan fingerprint density at radius 3 is 2.13 bits per heavy atom. The lowest BCUT2D eigenvalue weighted by Gasteiger charge is -2.47. The number of anilines is 2. The van der Waals surface area contributed by atoms with Gasteiger partial charge in [0.05, 0.1) is 22.0 Å². The number of benzene rings is 4. The van der Waals surface area contributed by atoms with Crippen LogP contribution in [0.15, 0.2) is 118 Å². The van der Waals surface area contributed by atoms with Crippen LogP contribution in [-0.4, -0.2) is 21.5 Å². The monoisotopic (exact) mass is 597 g/mol. The number of nitro groups is 1. The van der Waals surface area contributed by atoms with E-state index in [0.717, 1.165) is 32.6 Å². The third-order valence-corrected chi connectivity index (χ3v) is 8.40. The second kappa shape index (κ2) is 9.79. The highest BCUT2D eigenvalue weighted by Crippen LogP contribution is 2.55. The molecule has 6 rings (SSSR count). The molecule has 1 atom stereocenters. The van der Waals surface area contributed by atoms with Crippen LogP contribution in [0.4, 0.5) is 17.1 Å². The Hall–Kier alpha value is -4.28. The Bertz CT molecular complexity index is 1660. The number of fused-ring (bicyclic) bond motifs is 2. The summed E-state index contributed by atoms with van der Waals surface area (Å²) in [6.45, 7) is 1.48. The molecule has 2 heterocycles. The number of hydrazone groups is 2. The first-order chi connectivity index (χ1) is 18.9. The maximum atomic E-state index is 12.7. The molecule has 0 aliphatic carbocycles. The lowest BCUT2D eigenvalue weighted by Crippen LogP contribution is -2.54. The molecule has 8 nitrogen and oxygen atoms in total. The van der Waals surface area contributed by atoms with E-state index in [1.54, 1.807) is 17.1 Å². The summed E-state index contributed by atoms with van der Waals surface area (Å²) in [5, 5.41) is 25.3. The number of carbonyl (C=O) groups is 1. The van der Waals surface area contributed by atoms with Gasteiger partial charge < -0.3 is 0 Å². The summed E-state index contributed by atoms with van der Waals surface area (Å²) in [4.78, 5) is 22.5. The lowest BCUT2D eigenvalue weighted by molar-refractivity contribution is -0.384. The van der Waals surface area contributed by atoms with E-state index in [2.05, 4.69) is 15.9 Å². The van der Waals surface area contributed by atoms with Gasteiger partial charge in [-0.2, -0.15) is 10.2 Å². The average molecular weight is 598 g/mol. The number of halogens is 1.